The summed E-state index contributed by atoms with van der Waals surface area (Å²) in [4.78, 5) is 22.6. The molecule has 0 aromatic rings. The highest BCUT2D eigenvalue weighted by Gasteiger charge is 2.32. The van der Waals surface area contributed by atoms with Crippen LogP contribution in [0.4, 0.5) is 0 Å². The second kappa shape index (κ2) is 3.82. The molecule has 72 valence electrons. The lowest BCUT2D eigenvalue weighted by Crippen LogP contribution is -2.20. The van der Waals surface area contributed by atoms with E-state index in [1.54, 1.807) is 0 Å². The Hall–Kier alpha value is -0.310. The molecule has 2 atom stereocenters. The van der Waals surface area contributed by atoms with Gasteiger partial charge >= 0.3 is 0 Å². The van der Waals surface area contributed by atoms with Crippen molar-refractivity contribution in [2.45, 2.75) is 38.5 Å². The van der Waals surface area contributed by atoms with E-state index in [1.807, 2.05) is 0 Å². The molecular weight excluding hydrogens is 184 g/mol. The van der Waals surface area contributed by atoms with Gasteiger partial charge in [0, 0.05) is 12.8 Å². The zero-order valence-electron chi connectivity index (χ0n) is 7.62. The molecular formula is C10H14O2S. The monoisotopic (exact) mass is 198 g/mol. The number of carbonyl (C=O) groups is 2. The molecule has 2 nitrogen and oxygen atoms in total. The Kier molecular flexibility index (Phi) is 2.72. The van der Waals surface area contributed by atoms with Gasteiger partial charge in [0.1, 0.15) is 0 Å². The fourth-order valence-electron chi connectivity index (χ4n) is 2.46. The van der Waals surface area contributed by atoms with Crippen molar-refractivity contribution < 1.29 is 9.59 Å². The van der Waals surface area contributed by atoms with Crippen molar-refractivity contribution >= 4 is 22.0 Å². The van der Waals surface area contributed by atoms with E-state index in [0.29, 0.717) is 24.7 Å². The SMILES string of the molecule is O=C1C[C@H]2CCCC[C@@H]2CC(=O)S1. The Labute approximate surface area is 82.5 Å². The second-order valence-electron chi connectivity index (χ2n) is 4.06. The van der Waals surface area contributed by atoms with Crippen LogP contribution in [0.25, 0.3) is 0 Å². The number of hydrogen-bond acceptors (Lipinski definition) is 3. The minimum absolute atomic E-state index is 0.0967. The lowest BCUT2D eigenvalue weighted by Gasteiger charge is -2.28. The van der Waals surface area contributed by atoms with Crippen LogP contribution < -0.4 is 0 Å². The van der Waals surface area contributed by atoms with E-state index in [2.05, 4.69) is 0 Å². The first-order valence-corrected chi connectivity index (χ1v) is 5.81. The Morgan fingerprint density at radius 3 is 1.85 bits per heavy atom. The predicted octanol–water partition coefficient (Wildman–Crippen LogP) is 2.37. The largest absolute Gasteiger partial charge is 0.287 e. The molecule has 0 amide bonds. The first-order valence-electron chi connectivity index (χ1n) is 4.99. The van der Waals surface area contributed by atoms with Gasteiger partial charge in [-0.1, -0.05) is 12.8 Å². The second-order valence-corrected chi connectivity index (χ2v) is 5.17. The number of carbonyl (C=O) groups excluding carboxylic acids is 2. The van der Waals surface area contributed by atoms with Gasteiger partial charge in [-0.3, -0.25) is 9.59 Å². The summed E-state index contributed by atoms with van der Waals surface area (Å²) in [5, 5.41) is 0.193. The van der Waals surface area contributed by atoms with Crippen LogP contribution >= 0.6 is 11.8 Å². The smallest absolute Gasteiger partial charge is 0.196 e. The van der Waals surface area contributed by atoms with E-state index in [4.69, 9.17) is 0 Å². The number of rotatable bonds is 0. The molecule has 2 rings (SSSR count). The maximum absolute atomic E-state index is 11.3. The third-order valence-electron chi connectivity index (χ3n) is 3.15. The van der Waals surface area contributed by atoms with E-state index in [0.717, 1.165) is 24.6 Å². The van der Waals surface area contributed by atoms with Crippen LogP contribution in [0.15, 0.2) is 0 Å². The lowest BCUT2D eigenvalue weighted by atomic mass is 9.76. The van der Waals surface area contributed by atoms with Crippen molar-refractivity contribution in [3.05, 3.63) is 0 Å². The number of hydrogen-bond donors (Lipinski definition) is 0. The zero-order valence-corrected chi connectivity index (χ0v) is 8.44. The fraction of sp³-hybridized carbons (Fsp3) is 0.800. The molecule has 13 heavy (non-hydrogen) atoms. The van der Waals surface area contributed by atoms with Crippen molar-refractivity contribution in [3.63, 3.8) is 0 Å². The standard InChI is InChI=1S/C10H14O2S/c11-9-5-7-3-1-2-4-8(7)6-10(12)13-9/h7-8H,1-6H2/t7-,8-/m1/s1. The predicted molar refractivity (Wildman–Crippen MR) is 52.3 cm³/mol. The highest BCUT2D eigenvalue weighted by Crippen LogP contribution is 2.39. The van der Waals surface area contributed by atoms with Crippen LogP contribution in [-0.2, 0) is 9.59 Å². The van der Waals surface area contributed by atoms with Crippen molar-refractivity contribution in [1.82, 2.24) is 0 Å². The van der Waals surface area contributed by atoms with E-state index in [1.165, 1.54) is 12.8 Å². The van der Waals surface area contributed by atoms with E-state index in [-0.39, 0.29) is 10.2 Å². The van der Waals surface area contributed by atoms with Gasteiger partial charge in [0.25, 0.3) is 0 Å². The molecule has 0 bridgehead atoms. The number of thioether (sulfide) groups is 1. The summed E-state index contributed by atoms with van der Waals surface area (Å²) < 4.78 is 0. The molecule has 1 heterocycles. The molecule has 1 aliphatic heterocycles. The van der Waals surface area contributed by atoms with Crippen molar-refractivity contribution in [2.75, 3.05) is 0 Å². The van der Waals surface area contributed by atoms with E-state index < -0.39 is 0 Å². The minimum Gasteiger partial charge on any atom is -0.287 e. The third-order valence-corrected chi connectivity index (χ3v) is 3.94. The van der Waals surface area contributed by atoms with Gasteiger partial charge in [0.05, 0.1) is 0 Å². The molecule has 2 aliphatic rings. The maximum Gasteiger partial charge on any atom is 0.196 e. The van der Waals surface area contributed by atoms with Gasteiger partial charge in [0.15, 0.2) is 10.2 Å². The summed E-state index contributed by atoms with van der Waals surface area (Å²) in [6.45, 7) is 0. The summed E-state index contributed by atoms with van der Waals surface area (Å²) in [6, 6.07) is 0. The highest BCUT2D eigenvalue weighted by molar-refractivity contribution is 8.26. The first-order chi connectivity index (χ1) is 6.25. The highest BCUT2D eigenvalue weighted by atomic mass is 32.2. The van der Waals surface area contributed by atoms with Gasteiger partial charge in [0.2, 0.25) is 0 Å². The van der Waals surface area contributed by atoms with Crippen molar-refractivity contribution in [2.24, 2.45) is 11.8 Å². The minimum atomic E-state index is 0.0967. The molecule has 0 aromatic heterocycles. The Balaban J connectivity index is 2.09. The average Bonchev–Trinajstić information content (AvgIpc) is 2.20. The summed E-state index contributed by atoms with van der Waals surface area (Å²) in [5.41, 5.74) is 0. The van der Waals surface area contributed by atoms with Crippen LogP contribution in [0.3, 0.4) is 0 Å². The van der Waals surface area contributed by atoms with Crippen molar-refractivity contribution in [3.8, 4) is 0 Å². The zero-order chi connectivity index (χ0) is 9.26. The normalized spacial score (nSPS) is 35.4. The molecule has 1 aliphatic carbocycles. The van der Waals surface area contributed by atoms with Crippen molar-refractivity contribution in [1.29, 1.82) is 0 Å². The van der Waals surface area contributed by atoms with Crippen LogP contribution in [0, 0.1) is 11.8 Å². The maximum atomic E-state index is 11.3. The topological polar surface area (TPSA) is 34.1 Å². The van der Waals surface area contributed by atoms with Gasteiger partial charge in [-0.25, -0.2) is 0 Å². The van der Waals surface area contributed by atoms with Crippen LogP contribution in [0.2, 0.25) is 0 Å². The molecule has 2 fully saturated rings. The van der Waals surface area contributed by atoms with E-state index >= 15 is 0 Å². The lowest BCUT2D eigenvalue weighted by molar-refractivity contribution is -0.112. The number of fused-ring (bicyclic) bond motifs is 1. The summed E-state index contributed by atoms with van der Waals surface area (Å²) in [7, 11) is 0. The average molecular weight is 198 g/mol. The molecule has 1 saturated heterocycles. The molecule has 0 radical (unpaired) electrons. The van der Waals surface area contributed by atoms with Gasteiger partial charge in [-0.2, -0.15) is 0 Å². The summed E-state index contributed by atoms with van der Waals surface area (Å²) in [6.07, 6.45) is 6.08. The molecule has 0 N–H and O–H groups in total. The summed E-state index contributed by atoms with van der Waals surface area (Å²) >= 11 is 0.950. The van der Waals surface area contributed by atoms with Gasteiger partial charge in [-0.05, 0) is 36.4 Å². The third kappa shape index (κ3) is 2.13. The quantitative estimate of drug-likeness (QED) is 0.599. The fourth-order valence-corrected chi connectivity index (χ4v) is 3.31. The Morgan fingerprint density at radius 2 is 1.38 bits per heavy atom. The van der Waals surface area contributed by atoms with E-state index in [9.17, 15) is 9.59 Å². The van der Waals surface area contributed by atoms with Crippen LogP contribution in [-0.4, -0.2) is 10.2 Å². The molecule has 0 aromatic carbocycles. The van der Waals surface area contributed by atoms with Gasteiger partial charge in [-0.15, -0.1) is 0 Å². The first kappa shape index (κ1) is 9.25. The Bertz CT molecular complexity index is 213. The molecule has 1 saturated carbocycles. The molecule has 3 heteroatoms. The Morgan fingerprint density at radius 1 is 0.923 bits per heavy atom. The molecule has 0 spiro atoms. The van der Waals surface area contributed by atoms with Gasteiger partial charge < -0.3 is 0 Å². The molecule has 0 unspecified atom stereocenters. The summed E-state index contributed by atoms with van der Waals surface area (Å²) in [5.74, 6) is 1.03. The van der Waals surface area contributed by atoms with Crippen LogP contribution in [0.5, 0.6) is 0 Å². The van der Waals surface area contributed by atoms with Crippen LogP contribution in [0.1, 0.15) is 38.5 Å².